The maximum Gasteiger partial charge on any atom is 0.255 e. The van der Waals surface area contributed by atoms with E-state index in [9.17, 15) is 9.59 Å². The molecule has 1 atom stereocenters. The van der Waals surface area contributed by atoms with Crippen LogP contribution in [0.4, 0.5) is 0 Å². The molecule has 2 heterocycles. The van der Waals surface area contributed by atoms with Crippen molar-refractivity contribution in [3.05, 3.63) is 59.7 Å². The lowest BCUT2D eigenvalue weighted by Gasteiger charge is -2.41. The molecule has 7 nitrogen and oxygen atoms in total. The molecule has 1 fully saturated rings. The van der Waals surface area contributed by atoms with Crippen molar-refractivity contribution in [3.63, 3.8) is 0 Å². The molecular formula is C29H39N3O4. The largest absolute Gasteiger partial charge is 0.496 e. The number of ether oxygens (including phenoxy) is 2. The highest BCUT2D eigenvalue weighted by Crippen LogP contribution is 2.38. The van der Waals surface area contributed by atoms with E-state index in [2.05, 4.69) is 21.6 Å². The average Bonchev–Trinajstić information content (AvgIpc) is 2.90. The number of nitrogens with zero attached hydrogens (tertiary/aromatic N) is 1. The molecule has 1 spiro atoms. The predicted molar refractivity (Wildman–Crippen MR) is 140 cm³/mol. The molecule has 2 aromatic carbocycles. The lowest BCUT2D eigenvalue weighted by Crippen LogP contribution is -2.51. The Labute approximate surface area is 214 Å². The number of nitrogens with one attached hydrogen (secondary N) is 2. The maximum atomic E-state index is 13.6. The van der Waals surface area contributed by atoms with Crippen molar-refractivity contribution in [2.45, 2.75) is 58.0 Å². The summed E-state index contributed by atoms with van der Waals surface area (Å²) in [5.41, 5.74) is 1.34. The summed E-state index contributed by atoms with van der Waals surface area (Å²) in [6, 6.07) is 15.3. The number of hydrogen-bond acceptors (Lipinski definition) is 5. The second kappa shape index (κ2) is 12.3. The van der Waals surface area contributed by atoms with Crippen molar-refractivity contribution in [1.82, 2.24) is 15.5 Å². The molecule has 0 aromatic heterocycles. The number of benzene rings is 2. The Morgan fingerprint density at radius 3 is 2.56 bits per heavy atom. The second-order valence-corrected chi connectivity index (χ2v) is 10.1. The van der Waals surface area contributed by atoms with E-state index < -0.39 is 0 Å². The number of fused-ring (bicyclic) bond motifs is 1. The van der Waals surface area contributed by atoms with Gasteiger partial charge in [0.2, 0.25) is 5.91 Å². The first-order valence-corrected chi connectivity index (χ1v) is 13.2. The molecule has 0 bridgehead atoms. The summed E-state index contributed by atoms with van der Waals surface area (Å²) >= 11 is 0. The fourth-order valence-corrected chi connectivity index (χ4v) is 5.28. The SMILES string of the molecule is COc1ccccc1CN1CCC2(CCCCCNC(=O)c3ccccc3OC[C@H](C)NC2=O)CC1. The molecule has 0 saturated carbocycles. The molecule has 2 aliphatic heterocycles. The lowest BCUT2D eigenvalue weighted by molar-refractivity contribution is -0.135. The Hall–Kier alpha value is -3.06. The van der Waals surface area contributed by atoms with Gasteiger partial charge >= 0.3 is 0 Å². The third-order valence-electron chi connectivity index (χ3n) is 7.50. The lowest BCUT2D eigenvalue weighted by atomic mass is 9.73. The van der Waals surface area contributed by atoms with Gasteiger partial charge in [0.05, 0.1) is 24.1 Å². The highest BCUT2D eigenvalue weighted by atomic mass is 16.5. The van der Waals surface area contributed by atoms with E-state index in [0.29, 0.717) is 24.5 Å². The highest BCUT2D eigenvalue weighted by Gasteiger charge is 2.41. The third-order valence-corrected chi connectivity index (χ3v) is 7.50. The molecule has 36 heavy (non-hydrogen) atoms. The molecule has 0 radical (unpaired) electrons. The summed E-state index contributed by atoms with van der Waals surface area (Å²) in [5, 5.41) is 6.25. The summed E-state index contributed by atoms with van der Waals surface area (Å²) in [4.78, 5) is 28.7. The quantitative estimate of drug-likeness (QED) is 0.671. The summed E-state index contributed by atoms with van der Waals surface area (Å²) in [7, 11) is 1.71. The Morgan fingerprint density at radius 1 is 1.00 bits per heavy atom. The number of hydrogen-bond donors (Lipinski definition) is 2. The molecule has 2 amide bonds. The molecule has 0 unspecified atom stereocenters. The van der Waals surface area contributed by atoms with E-state index in [1.165, 1.54) is 5.56 Å². The molecule has 4 rings (SSSR count). The maximum absolute atomic E-state index is 13.6. The van der Waals surface area contributed by atoms with Crippen LogP contribution in [-0.4, -0.2) is 56.1 Å². The van der Waals surface area contributed by atoms with E-state index in [4.69, 9.17) is 9.47 Å². The van der Waals surface area contributed by atoms with Crippen molar-refractivity contribution < 1.29 is 19.1 Å². The van der Waals surface area contributed by atoms with Crippen LogP contribution < -0.4 is 20.1 Å². The number of methoxy groups -OCH3 is 1. The minimum Gasteiger partial charge on any atom is -0.496 e. The van der Waals surface area contributed by atoms with Crippen LogP contribution >= 0.6 is 0 Å². The second-order valence-electron chi connectivity index (χ2n) is 10.1. The molecule has 7 heteroatoms. The topological polar surface area (TPSA) is 79.9 Å². The van der Waals surface area contributed by atoms with Crippen LogP contribution in [-0.2, 0) is 11.3 Å². The van der Waals surface area contributed by atoms with Gasteiger partial charge in [-0.2, -0.15) is 0 Å². The number of rotatable bonds is 3. The van der Waals surface area contributed by atoms with E-state index in [0.717, 1.165) is 63.9 Å². The summed E-state index contributed by atoms with van der Waals surface area (Å²) < 4.78 is 11.5. The fourth-order valence-electron chi connectivity index (χ4n) is 5.28. The highest BCUT2D eigenvalue weighted by molar-refractivity contribution is 5.96. The molecule has 2 aromatic rings. The van der Waals surface area contributed by atoms with Crippen LogP contribution in [0, 0.1) is 5.41 Å². The number of carbonyl (C=O) groups is 2. The number of piperidine rings is 1. The van der Waals surface area contributed by atoms with Crippen LogP contribution in [0.5, 0.6) is 11.5 Å². The van der Waals surface area contributed by atoms with Gasteiger partial charge in [0.15, 0.2) is 0 Å². The van der Waals surface area contributed by atoms with Gasteiger partial charge in [0, 0.05) is 18.7 Å². The van der Waals surface area contributed by atoms with Crippen LogP contribution in [0.15, 0.2) is 48.5 Å². The van der Waals surface area contributed by atoms with Gasteiger partial charge in [0.25, 0.3) is 5.91 Å². The summed E-state index contributed by atoms with van der Waals surface area (Å²) in [5.74, 6) is 1.47. The van der Waals surface area contributed by atoms with Crippen LogP contribution in [0.2, 0.25) is 0 Å². The van der Waals surface area contributed by atoms with E-state index in [1.54, 1.807) is 19.2 Å². The fraction of sp³-hybridized carbons (Fsp3) is 0.517. The van der Waals surface area contributed by atoms with Crippen molar-refractivity contribution in [1.29, 1.82) is 0 Å². The molecule has 194 valence electrons. The monoisotopic (exact) mass is 493 g/mol. The average molecular weight is 494 g/mol. The van der Waals surface area contributed by atoms with Crippen molar-refractivity contribution in [2.24, 2.45) is 5.41 Å². The Morgan fingerprint density at radius 2 is 1.75 bits per heavy atom. The van der Waals surface area contributed by atoms with Crippen molar-refractivity contribution >= 4 is 11.8 Å². The minimum absolute atomic E-state index is 0.115. The minimum atomic E-state index is -0.368. The number of carbonyl (C=O) groups excluding carboxylic acids is 2. The van der Waals surface area contributed by atoms with Gasteiger partial charge in [-0.15, -0.1) is 0 Å². The first-order valence-electron chi connectivity index (χ1n) is 13.2. The molecule has 0 aliphatic carbocycles. The van der Waals surface area contributed by atoms with E-state index in [-0.39, 0.29) is 23.3 Å². The number of para-hydroxylation sites is 2. The summed E-state index contributed by atoms with van der Waals surface area (Å²) in [6.07, 6.45) is 5.37. The molecule has 1 saturated heterocycles. The van der Waals surface area contributed by atoms with E-state index in [1.807, 2.05) is 37.3 Å². The zero-order valence-electron chi connectivity index (χ0n) is 21.6. The third kappa shape index (κ3) is 6.38. The summed E-state index contributed by atoms with van der Waals surface area (Å²) in [6.45, 7) is 5.47. The van der Waals surface area contributed by atoms with Gasteiger partial charge < -0.3 is 20.1 Å². The van der Waals surface area contributed by atoms with Crippen LogP contribution in [0.25, 0.3) is 0 Å². The van der Waals surface area contributed by atoms with Gasteiger partial charge in [-0.25, -0.2) is 0 Å². The normalized spacial score (nSPS) is 21.8. The standard InChI is InChI=1S/C29H39N3O4/c1-22-21-36-26-13-7-5-11-24(26)27(33)30-17-9-3-8-14-29(28(34)31-22)15-18-32(19-16-29)20-23-10-4-6-12-25(23)35-2/h4-7,10-13,22H,3,8-9,14-21H2,1-2H3,(H,30,33)(H,31,34)/t22-/m0/s1. The smallest absolute Gasteiger partial charge is 0.255 e. The van der Waals surface area contributed by atoms with E-state index >= 15 is 0 Å². The zero-order valence-corrected chi connectivity index (χ0v) is 21.6. The first-order chi connectivity index (χ1) is 17.5. The first kappa shape index (κ1) is 26.0. The van der Waals surface area contributed by atoms with Crippen LogP contribution in [0.1, 0.15) is 61.4 Å². The van der Waals surface area contributed by atoms with Crippen molar-refractivity contribution in [2.75, 3.05) is 33.4 Å². The predicted octanol–water partition coefficient (Wildman–Crippen LogP) is 4.16. The zero-order chi connectivity index (χ0) is 25.4. The van der Waals surface area contributed by atoms with Gasteiger partial charge in [-0.1, -0.05) is 43.2 Å². The number of likely N-dealkylation sites (tertiary alicyclic amines) is 1. The Kier molecular flexibility index (Phi) is 8.86. The van der Waals surface area contributed by atoms with Gasteiger partial charge in [-0.3, -0.25) is 14.5 Å². The molecular weight excluding hydrogens is 454 g/mol. The Bertz CT molecular complexity index is 1030. The van der Waals surface area contributed by atoms with Gasteiger partial charge in [0.1, 0.15) is 18.1 Å². The van der Waals surface area contributed by atoms with Crippen LogP contribution in [0.3, 0.4) is 0 Å². The molecule has 2 N–H and O–H groups in total. The molecule has 2 aliphatic rings. The van der Waals surface area contributed by atoms with Gasteiger partial charge in [-0.05, 0) is 63.9 Å². The van der Waals surface area contributed by atoms with Crippen molar-refractivity contribution in [3.8, 4) is 11.5 Å². The Balaban J connectivity index is 1.43. The number of amides is 2.